The predicted octanol–water partition coefficient (Wildman–Crippen LogP) is 11.0. The van der Waals surface area contributed by atoms with Crippen LogP contribution < -0.4 is 0 Å². The Morgan fingerprint density at radius 3 is 1.69 bits per heavy atom. The quantitative estimate of drug-likeness (QED) is 0.198. The Hall–Kier alpha value is -6.59. The summed E-state index contributed by atoms with van der Waals surface area (Å²) in [6.07, 6.45) is 0. The smallest absolute Gasteiger partial charge is 0.164 e. The van der Waals surface area contributed by atoms with E-state index in [-0.39, 0.29) is 0 Å². The predicted molar refractivity (Wildman–Crippen MR) is 195 cm³/mol. The summed E-state index contributed by atoms with van der Waals surface area (Å²) in [5, 5.41) is 7.03. The highest BCUT2D eigenvalue weighted by Gasteiger charge is 2.18. The molecule has 224 valence electrons. The number of nitrogens with zero attached hydrogens (tertiary/aromatic N) is 4. The third kappa shape index (κ3) is 4.15. The third-order valence-corrected chi connectivity index (χ3v) is 9.23. The van der Waals surface area contributed by atoms with E-state index in [2.05, 4.69) is 95.6 Å². The van der Waals surface area contributed by atoms with Crippen LogP contribution in [0.1, 0.15) is 0 Å². The van der Waals surface area contributed by atoms with Crippen molar-refractivity contribution in [2.45, 2.75) is 0 Å². The van der Waals surface area contributed by atoms with Gasteiger partial charge in [0.2, 0.25) is 0 Å². The van der Waals surface area contributed by atoms with Gasteiger partial charge in [0, 0.05) is 55.4 Å². The average Bonchev–Trinajstić information content (AvgIpc) is 3.70. The molecule has 0 saturated carbocycles. The molecule has 0 aliphatic carbocycles. The van der Waals surface area contributed by atoms with Gasteiger partial charge in [-0.1, -0.05) is 121 Å². The molecule has 0 aliphatic rings. The Morgan fingerprint density at radius 2 is 0.958 bits per heavy atom. The lowest BCUT2D eigenvalue weighted by Crippen LogP contribution is -2.00. The van der Waals surface area contributed by atoms with Crippen molar-refractivity contribution in [2.75, 3.05) is 0 Å². The van der Waals surface area contributed by atoms with Gasteiger partial charge < -0.3 is 8.98 Å². The van der Waals surface area contributed by atoms with Crippen molar-refractivity contribution < 1.29 is 4.42 Å². The highest BCUT2D eigenvalue weighted by molar-refractivity contribution is 6.18. The third-order valence-electron chi connectivity index (χ3n) is 9.23. The van der Waals surface area contributed by atoms with Crippen molar-refractivity contribution in [3.63, 3.8) is 0 Å². The van der Waals surface area contributed by atoms with Crippen LogP contribution in [0.5, 0.6) is 0 Å². The maximum atomic E-state index is 6.61. The summed E-state index contributed by atoms with van der Waals surface area (Å²) in [4.78, 5) is 14.7. The molecule has 0 fully saturated rings. The Labute approximate surface area is 275 Å². The molecule has 3 heterocycles. The SMILES string of the molecule is c1ccc(-c2nc(-c3ccccc3)nc(-c3ccc4c(c3)oc3cc(-n5c6ccccc6c6ccc7ccccc7c65)ccc34)n2)cc1. The van der Waals surface area contributed by atoms with Crippen LogP contribution in [-0.4, -0.2) is 19.5 Å². The summed E-state index contributed by atoms with van der Waals surface area (Å²) >= 11 is 0. The number of aromatic nitrogens is 4. The van der Waals surface area contributed by atoms with Crippen molar-refractivity contribution in [1.82, 2.24) is 19.5 Å². The minimum Gasteiger partial charge on any atom is -0.456 e. The van der Waals surface area contributed by atoms with Gasteiger partial charge in [0.05, 0.1) is 11.0 Å². The molecule has 0 saturated heterocycles. The highest BCUT2D eigenvalue weighted by Crippen LogP contribution is 2.39. The monoisotopic (exact) mass is 614 g/mol. The molecule has 48 heavy (non-hydrogen) atoms. The van der Waals surface area contributed by atoms with Crippen molar-refractivity contribution in [3.05, 3.63) is 158 Å². The van der Waals surface area contributed by atoms with E-state index < -0.39 is 0 Å². The Bertz CT molecular complexity index is 2780. The summed E-state index contributed by atoms with van der Waals surface area (Å²) in [7, 11) is 0. The molecule has 10 rings (SSSR count). The molecule has 0 radical (unpaired) electrons. The van der Waals surface area contributed by atoms with Crippen LogP contribution in [0.3, 0.4) is 0 Å². The fraction of sp³-hybridized carbons (Fsp3) is 0. The van der Waals surface area contributed by atoms with Gasteiger partial charge in [-0.05, 0) is 35.7 Å². The van der Waals surface area contributed by atoms with E-state index in [4.69, 9.17) is 19.4 Å². The van der Waals surface area contributed by atoms with Crippen molar-refractivity contribution in [1.29, 1.82) is 0 Å². The van der Waals surface area contributed by atoms with Crippen LogP contribution in [0, 0.1) is 0 Å². The standard InChI is InChI=1S/C43H26N4O/c1-3-12-28(13-4-1)41-44-42(29-14-5-2-6-15-29)46-43(45-41)30-20-22-34-35-24-21-31(26-39(35)48-38(34)25-30)47-37-18-10-9-17-33(37)36-23-19-27-11-7-8-16-32(27)40(36)47/h1-26H. The summed E-state index contributed by atoms with van der Waals surface area (Å²) in [5.74, 6) is 1.86. The zero-order valence-corrected chi connectivity index (χ0v) is 25.7. The van der Waals surface area contributed by atoms with Gasteiger partial charge >= 0.3 is 0 Å². The number of para-hydroxylation sites is 1. The molecule has 0 bridgehead atoms. The van der Waals surface area contributed by atoms with E-state index in [0.717, 1.165) is 44.3 Å². The maximum absolute atomic E-state index is 6.61. The van der Waals surface area contributed by atoms with E-state index in [1.54, 1.807) is 0 Å². The van der Waals surface area contributed by atoms with Crippen molar-refractivity contribution >= 4 is 54.5 Å². The minimum absolute atomic E-state index is 0.600. The first-order valence-electron chi connectivity index (χ1n) is 16.0. The largest absolute Gasteiger partial charge is 0.456 e. The van der Waals surface area contributed by atoms with Gasteiger partial charge in [0.15, 0.2) is 17.5 Å². The average molecular weight is 615 g/mol. The van der Waals surface area contributed by atoms with Gasteiger partial charge in [0.1, 0.15) is 11.2 Å². The fourth-order valence-electron chi connectivity index (χ4n) is 6.98. The normalized spacial score (nSPS) is 11.8. The summed E-state index contributed by atoms with van der Waals surface area (Å²) in [6.45, 7) is 0. The number of benzene rings is 7. The number of fused-ring (bicyclic) bond motifs is 8. The zero-order valence-electron chi connectivity index (χ0n) is 25.7. The topological polar surface area (TPSA) is 56.7 Å². The second kappa shape index (κ2) is 10.5. The first-order chi connectivity index (χ1) is 23.8. The molecule has 5 nitrogen and oxygen atoms in total. The summed E-state index contributed by atoms with van der Waals surface area (Å²) < 4.78 is 8.98. The molecule has 0 aliphatic heterocycles. The van der Waals surface area contributed by atoms with Crippen molar-refractivity contribution in [3.8, 4) is 39.9 Å². The fourth-order valence-corrected chi connectivity index (χ4v) is 6.98. The molecule has 3 aromatic heterocycles. The summed E-state index contributed by atoms with van der Waals surface area (Å²) in [6, 6.07) is 54.5. The molecule has 0 unspecified atom stereocenters. The maximum Gasteiger partial charge on any atom is 0.164 e. The number of hydrogen-bond acceptors (Lipinski definition) is 4. The molecule has 0 amide bonds. The lowest BCUT2D eigenvalue weighted by molar-refractivity contribution is 0.668. The zero-order chi connectivity index (χ0) is 31.6. The van der Waals surface area contributed by atoms with Crippen molar-refractivity contribution in [2.24, 2.45) is 0 Å². The van der Waals surface area contributed by atoms with E-state index >= 15 is 0 Å². The van der Waals surface area contributed by atoms with Gasteiger partial charge in [-0.2, -0.15) is 0 Å². The van der Waals surface area contributed by atoms with Crippen LogP contribution in [0.2, 0.25) is 0 Å². The minimum atomic E-state index is 0.600. The Balaban J connectivity index is 1.15. The summed E-state index contributed by atoms with van der Waals surface area (Å²) in [5.41, 5.74) is 7.79. The lowest BCUT2D eigenvalue weighted by Gasteiger charge is -2.10. The van der Waals surface area contributed by atoms with E-state index in [0.29, 0.717) is 17.5 Å². The molecule has 0 N–H and O–H groups in total. The van der Waals surface area contributed by atoms with E-state index in [1.165, 1.54) is 32.6 Å². The molecular formula is C43H26N4O. The molecular weight excluding hydrogens is 589 g/mol. The molecule has 5 heteroatoms. The molecule has 10 aromatic rings. The van der Waals surface area contributed by atoms with Gasteiger partial charge in [0.25, 0.3) is 0 Å². The highest BCUT2D eigenvalue weighted by atomic mass is 16.3. The van der Waals surface area contributed by atoms with Crippen LogP contribution in [0.4, 0.5) is 0 Å². The number of rotatable bonds is 4. The van der Waals surface area contributed by atoms with Crippen LogP contribution in [0.15, 0.2) is 162 Å². The van der Waals surface area contributed by atoms with Crippen LogP contribution >= 0.6 is 0 Å². The second-order valence-corrected chi connectivity index (χ2v) is 12.1. The van der Waals surface area contributed by atoms with Crippen LogP contribution in [-0.2, 0) is 0 Å². The number of hydrogen-bond donors (Lipinski definition) is 0. The molecule has 0 atom stereocenters. The van der Waals surface area contributed by atoms with Gasteiger partial charge in [-0.25, -0.2) is 15.0 Å². The number of furan rings is 1. The van der Waals surface area contributed by atoms with Crippen LogP contribution in [0.25, 0.3) is 94.4 Å². The molecule has 0 spiro atoms. The van der Waals surface area contributed by atoms with E-state index in [9.17, 15) is 0 Å². The first kappa shape index (κ1) is 26.6. The first-order valence-corrected chi connectivity index (χ1v) is 16.0. The van der Waals surface area contributed by atoms with Gasteiger partial charge in [-0.3, -0.25) is 0 Å². The Morgan fingerprint density at radius 1 is 0.396 bits per heavy atom. The Kier molecular flexibility index (Phi) is 5.81. The van der Waals surface area contributed by atoms with Gasteiger partial charge in [-0.15, -0.1) is 0 Å². The van der Waals surface area contributed by atoms with E-state index in [1.807, 2.05) is 66.7 Å². The second-order valence-electron chi connectivity index (χ2n) is 12.1. The molecule has 7 aromatic carbocycles. The lowest BCUT2D eigenvalue weighted by atomic mass is 10.1.